The van der Waals surface area contributed by atoms with E-state index in [1.165, 1.54) is 41.5 Å². The standard InChI is InChI=1S/C30H33Cl2N5O8S/c1-28(2,3)44-27(40)45-36-16-30(17-36,24-8-5-18(31)13-34-24)26(39)37-14-20(12-22(37)25(38)35-29(15-33)9-10-29)46(41,42)23-7-6-19(43-4)11-21(23)32/h5-8,11,13,20,22H,9-10,12,14,16-17H2,1-4H3,(H,35,38)/t20-,22+/m1/s1. The van der Waals surface area contributed by atoms with Gasteiger partial charge in [0.1, 0.15) is 28.3 Å². The van der Waals surface area contributed by atoms with Crippen LogP contribution < -0.4 is 10.1 Å². The molecule has 1 aromatic carbocycles. The molecule has 1 aliphatic carbocycles. The number of nitrogens with zero attached hydrogens (tertiary/aromatic N) is 4. The molecule has 246 valence electrons. The average Bonchev–Trinajstić information content (AvgIpc) is 3.58. The van der Waals surface area contributed by atoms with Crippen molar-refractivity contribution in [3.05, 3.63) is 52.3 Å². The summed E-state index contributed by atoms with van der Waals surface area (Å²) < 4.78 is 38.2. The number of halogens is 2. The number of hydroxylamine groups is 2. The van der Waals surface area contributed by atoms with Crippen molar-refractivity contribution in [2.75, 3.05) is 26.7 Å². The van der Waals surface area contributed by atoms with Gasteiger partial charge in [0.15, 0.2) is 9.84 Å². The highest BCUT2D eigenvalue weighted by Gasteiger charge is 2.59. The van der Waals surface area contributed by atoms with Crippen LogP contribution in [0, 0.1) is 11.3 Å². The molecule has 0 radical (unpaired) electrons. The van der Waals surface area contributed by atoms with E-state index < -0.39 is 55.7 Å². The summed E-state index contributed by atoms with van der Waals surface area (Å²) in [6, 6.07) is 8.10. The quantitative estimate of drug-likeness (QED) is 0.402. The molecule has 5 rings (SSSR count). The molecule has 1 aromatic heterocycles. The molecule has 1 saturated carbocycles. The predicted octanol–water partition coefficient (Wildman–Crippen LogP) is 3.43. The highest BCUT2D eigenvalue weighted by atomic mass is 35.5. The summed E-state index contributed by atoms with van der Waals surface area (Å²) in [5.41, 5.74) is -3.04. The zero-order valence-electron chi connectivity index (χ0n) is 25.6. The van der Waals surface area contributed by atoms with E-state index in [9.17, 15) is 28.1 Å². The molecule has 2 amide bonds. The van der Waals surface area contributed by atoms with Crippen LogP contribution in [-0.2, 0) is 34.4 Å². The van der Waals surface area contributed by atoms with Crippen molar-refractivity contribution in [2.45, 2.75) is 72.8 Å². The first-order valence-corrected chi connectivity index (χ1v) is 16.7. The van der Waals surface area contributed by atoms with E-state index in [1.54, 1.807) is 32.9 Å². The summed E-state index contributed by atoms with van der Waals surface area (Å²) in [4.78, 5) is 51.4. The molecule has 0 spiro atoms. The number of pyridine rings is 1. The van der Waals surface area contributed by atoms with Crippen LogP contribution in [0.5, 0.6) is 5.75 Å². The van der Waals surface area contributed by atoms with Gasteiger partial charge in [-0.2, -0.15) is 5.26 Å². The molecular weight excluding hydrogens is 661 g/mol. The molecule has 2 aromatic rings. The van der Waals surface area contributed by atoms with Gasteiger partial charge in [0, 0.05) is 18.8 Å². The van der Waals surface area contributed by atoms with Gasteiger partial charge < -0.3 is 24.5 Å². The molecule has 2 saturated heterocycles. The molecule has 3 aliphatic rings. The van der Waals surface area contributed by atoms with Crippen molar-refractivity contribution in [3.8, 4) is 11.8 Å². The summed E-state index contributed by atoms with van der Waals surface area (Å²) >= 11 is 12.4. The number of methoxy groups -OCH3 is 1. The van der Waals surface area contributed by atoms with E-state index in [2.05, 4.69) is 16.4 Å². The summed E-state index contributed by atoms with van der Waals surface area (Å²) in [6.45, 7) is 4.37. The number of amides is 2. The van der Waals surface area contributed by atoms with Crippen LogP contribution in [0.15, 0.2) is 41.4 Å². The molecule has 13 nitrogen and oxygen atoms in total. The minimum atomic E-state index is -4.17. The normalized spacial score (nSPS) is 21.8. The lowest BCUT2D eigenvalue weighted by Crippen LogP contribution is -2.68. The lowest BCUT2D eigenvalue weighted by atomic mass is 9.76. The Kier molecular flexibility index (Phi) is 8.93. The van der Waals surface area contributed by atoms with Crippen LogP contribution in [0.1, 0.15) is 45.7 Å². The number of sulfone groups is 1. The van der Waals surface area contributed by atoms with Gasteiger partial charge in [-0.05, 0) is 64.3 Å². The number of rotatable bonds is 8. The van der Waals surface area contributed by atoms with Gasteiger partial charge in [0.05, 0.1) is 52.2 Å². The Morgan fingerprint density at radius 1 is 1.13 bits per heavy atom. The SMILES string of the molecule is COc1ccc(S(=O)(=O)[C@@H]2C[C@@H](C(=O)NC3(C#N)CC3)N(C(=O)C3(c4ccc(Cl)cn4)CN(OC(=O)OC(C)(C)C)C3)C2)c(Cl)c1. The van der Waals surface area contributed by atoms with E-state index in [1.807, 2.05) is 0 Å². The number of hydrogen-bond donors (Lipinski definition) is 1. The fourth-order valence-electron chi connectivity index (χ4n) is 5.56. The number of ether oxygens (including phenoxy) is 2. The maximum Gasteiger partial charge on any atom is 0.528 e. The maximum absolute atomic E-state index is 14.6. The van der Waals surface area contributed by atoms with Gasteiger partial charge >= 0.3 is 6.16 Å². The van der Waals surface area contributed by atoms with Crippen LogP contribution in [0.2, 0.25) is 10.0 Å². The lowest BCUT2D eigenvalue weighted by molar-refractivity contribution is -0.211. The average molecular weight is 695 g/mol. The van der Waals surface area contributed by atoms with Crippen molar-refractivity contribution in [1.82, 2.24) is 20.3 Å². The zero-order valence-corrected chi connectivity index (χ0v) is 27.9. The van der Waals surface area contributed by atoms with Gasteiger partial charge in [-0.3, -0.25) is 14.6 Å². The van der Waals surface area contributed by atoms with E-state index in [0.29, 0.717) is 23.6 Å². The van der Waals surface area contributed by atoms with Crippen LogP contribution >= 0.6 is 23.2 Å². The van der Waals surface area contributed by atoms with Crippen LogP contribution in [0.3, 0.4) is 0 Å². The van der Waals surface area contributed by atoms with Crippen molar-refractivity contribution in [2.24, 2.45) is 0 Å². The van der Waals surface area contributed by atoms with Crippen molar-refractivity contribution < 1.29 is 37.1 Å². The third kappa shape index (κ3) is 6.60. The van der Waals surface area contributed by atoms with E-state index in [4.69, 9.17) is 37.5 Å². The minimum absolute atomic E-state index is 0.0673. The monoisotopic (exact) mass is 693 g/mol. The molecule has 16 heteroatoms. The van der Waals surface area contributed by atoms with E-state index in [0.717, 1.165) is 0 Å². The van der Waals surface area contributed by atoms with E-state index >= 15 is 0 Å². The molecular formula is C30H33Cl2N5O8S. The number of nitriles is 1. The predicted molar refractivity (Wildman–Crippen MR) is 165 cm³/mol. The Morgan fingerprint density at radius 3 is 2.37 bits per heavy atom. The number of benzene rings is 1. The van der Waals surface area contributed by atoms with Crippen molar-refractivity contribution >= 4 is 51.0 Å². The number of carbonyl (C=O) groups is 3. The number of nitrogens with one attached hydrogen (secondary N) is 1. The highest BCUT2D eigenvalue weighted by molar-refractivity contribution is 7.92. The molecule has 0 unspecified atom stereocenters. The topological polar surface area (TPSA) is 168 Å². The van der Waals surface area contributed by atoms with Crippen molar-refractivity contribution in [1.29, 1.82) is 5.26 Å². The summed E-state index contributed by atoms with van der Waals surface area (Å²) in [5.74, 6) is -0.894. The van der Waals surface area contributed by atoms with Crippen molar-refractivity contribution in [3.63, 3.8) is 0 Å². The summed E-state index contributed by atoms with van der Waals surface area (Å²) in [7, 11) is -2.75. The first-order valence-electron chi connectivity index (χ1n) is 14.4. The van der Waals surface area contributed by atoms with Gasteiger partial charge in [-0.1, -0.05) is 23.2 Å². The number of carbonyl (C=O) groups excluding carboxylic acids is 3. The number of hydrogen-bond acceptors (Lipinski definition) is 11. The second kappa shape index (κ2) is 12.2. The summed E-state index contributed by atoms with van der Waals surface area (Å²) in [6.07, 6.45) is 1.03. The number of likely N-dealkylation sites (tertiary alicyclic amines) is 1. The van der Waals surface area contributed by atoms with Crippen LogP contribution in [-0.4, -0.2) is 90.5 Å². The second-order valence-corrected chi connectivity index (χ2v) is 15.7. The Morgan fingerprint density at radius 2 is 1.83 bits per heavy atom. The molecule has 2 aliphatic heterocycles. The molecule has 46 heavy (non-hydrogen) atoms. The highest BCUT2D eigenvalue weighted by Crippen LogP contribution is 2.41. The fraction of sp³-hybridized carbons (Fsp3) is 0.500. The smallest absolute Gasteiger partial charge is 0.497 e. The zero-order chi connectivity index (χ0) is 33.7. The van der Waals surface area contributed by atoms with Gasteiger partial charge in [0.2, 0.25) is 11.8 Å². The molecule has 2 atom stereocenters. The fourth-order valence-corrected chi connectivity index (χ4v) is 7.90. The molecule has 3 heterocycles. The Bertz CT molecular complexity index is 1700. The summed E-state index contributed by atoms with van der Waals surface area (Å²) in [5, 5.41) is 12.6. The van der Waals surface area contributed by atoms with Crippen LogP contribution in [0.25, 0.3) is 0 Å². The van der Waals surface area contributed by atoms with E-state index in [-0.39, 0.29) is 41.7 Å². The van der Waals surface area contributed by atoms with Gasteiger partial charge in [-0.25, -0.2) is 13.2 Å². The third-order valence-electron chi connectivity index (χ3n) is 8.15. The number of aromatic nitrogens is 1. The lowest BCUT2D eigenvalue weighted by Gasteiger charge is -2.48. The Labute approximate surface area is 276 Å². The molecule has 1 N–H and O–H groups in total. The first kappa shape index (κ1) is 33.7. The Hall–Kier alpha value is -3.64. The molecule has 0 bridgehead atoms. The van der Waals surface area contributed by atoms with Gasteiger partial charge in [-0.15, -0.1) is 5.06 Å². The largest absolute Gasteiger partial charge is 0.528 e. The Balaban J connectivity index is 1.48. The third-order valence-corrected chi connectivity index (χ3v) is 11.0. The first-order chi connectivity index (χ1) is 21.5. The van der Waals surface area contributed by atoms with Gasteiger partial charge in [0.25, 0.3) is 0 Å². The molecule has 3 fully saturated rings. The second-order valence-electron chi connectivity index (χ2n) is 12.7. The maximum atomic E-state index is 14.6. The minimum Gasteiger partial charge on any atom is -0.497 e. The van der Waals surface area contributed by atoms with Crippen LogP contribution in [0.4, 0.5) is 4.79 Å².